The van der Waals surface area contributed by atoms with Crippen molar-refractivity contribution in [1.29, 1.82) is 0 Å². The highest BCUT2D eigenvalue weighted by atomic mass is 16.6. The molecule has 1 aromatic rings. The van der Waals surface area contributed by atoms with Crippen LogP contribution in [0.2, 0.25) is 0 Å². The van der Waals surface area contributed by atoms with E-state index in [1.54, 1.807) is 18.2 Å². The first kappa shape index (κ1) is 12.8. The number of benzene rings is 1. The Hall–Kier alpha value is -2.15. The van der Waals surface area contributed by atoms with Gasteiger partial charge in [0.15, 0.2) is 0 Å². The second-order valence-corrected chi connectivity index (χ2v) is 2.43. The summed E-state index contributed by atoms with van der Waals surface area (Å²) >= 11 is 0. The zero-order valence-corrected chi connectivity index (χ0v) is 7.79. The summed E-state index contributed by atoms with van der Waals surface area (Å²) in [7, 11) is 0. The molecule has 0 bridgehead atoms. The van der Waals surface area contributed by atoms with Gasteiger partial charge >= 0.3 is 6.09 Å². The molecular formula is C8H11N3O4. The third kappa shape index (κ3) is 5.21. The topological polar surface area (TPSA) is 132 Å². The van der Waals surface area contributed by atoms with Crippen molar-refractivity contribution >= 4 is 11.8 Å². The number of amides is 1. The van der Waals surface area contributed by atoms with E-state index in [1.165, 1.54) is 6.07 Å². The van der Waals surface area contributed by atoms with Crippen LogP contribution in [0.1, 0.15) is 5.56 Å². The Morgan fingerprint density at radius 1 is 1.47 bits per heavy atom. The van der Waals surface area contributed by atoms with E-state index in [0.717, 1.165) is 0 Å². The van der Waals surface area contributed by atoms with E-state index in [2.05, 4.69) is 5.73 Å². The summed E-state index contributed by atoms with van der Waals surface area (Å²) in [5.41, 5.74) is 9.97. The van der Waals surface area contributed by atoms with Gasteiger partial charge in [-0.1, -0.05) is 18.2 Å². The zero-order valence-electron chi connectivity index (χ0n) is 7.79. The fourth-order valence-corrected chi connectivity index (χ4v) is 0.862. The van der Waals surface area contributed by atoms with Crippen molar-refractivity contribution in [3.63, 3.8) is 0 Å². The first-order chi connectivity index (χ1) is 6.99. The molecule has 0 atom stereocenters. The first-order valence-electron chi connectivity index (χ1n) is 3.89. The number of para-hydroxylation sites is 1. The van der Waals surface area contributed by atoms with Gasteiger partial charge in [-0.3, -0.25) is 10.1 Å². The molecule has 0 spiro atoms. The Bertz CT molecular complexity index is 349. The van der Waals surface area contributed by atoms with Crippen LogP contribution in [0.15, 0.2) is 24.3 Å². The summed E-state index contributed by atoms with van der Waals surface area (Å²) in [6.45, 7) is 0.206. The summed E-state index contributed by atoms with van der Waals surface area (Å²) < 4.78 is 0. The Balaban J connectivity index is 0.000000423. The largest absolute Gasteiger partial charge is 0.465 e. The summed E-state index contributed by atoms with van der Waals surface area (Å²) in [6, 6.07) is 6.45. The second kappa shape index (κ2) is 6.33. The van der Waals surface area contributed by atoms with Crippen LogP contribution in [-0.2, 0) is 6.54 Å². The molecule has 0 aliphatic carbocycles. The van der Waals surface area contributed by atoms with Crippen LogP contribution >= 0.6 is 0 Å². The first-order valence-corrected chi connectivity index (χ1v) is 3.89. The monoisotopic (exact) mass is 213 g/mol. The third-order valence-electron chi connectivity index (χ3n) is 1.41. The predicted molar refractivity (Wildman–Crippen MR) is 53.2 cm³/mol. The Morgan fingerprint density at radius 3 is 2.27 bits per heavy atom. The number of nitrogens with zero attached hydrogens (tertiary/aromatic N) is 1. The lowest BCUT2D eigenvalue weighted by Crippen LogP contribution is -2.03. The summed E-state index contributed by atoms with van der Waals surface area (Å²) in [4.78, 5) is 18.7. The molecule has 0 radical (unpaired) electrons. The average molecular weight is 213 g/mol. The van der Waals surface area contributed by atoms with Crippen molar-refractivity contribution in [3.8, 4) is 0 Å². The molecule has 7 nitrogen and oxygen atoms in total. The molecule has 0 aromatic heterocycles. The molecule has 0 saturated carbocycles. The molecule has 0 unspecified atom stereocenters. The quantitative estimate of drug-likeness (QED) is 0.490. The number of rotatable bonds is 2. The van der Waals surface area contributed by atoms with Crippen LogP contribution < -0.4 is 11.5 Å². The molecule has 7 heteroatoms. The molecule has 1 aromatic carbocycles. The number of carbonyl (C=O) groups is 1. The second-order valence-electron chi connectivity index (χ2n) is 2.43. The number of hydrogen-bond donors (Lipinski definition) is 3. The molecule has 1 rings (SSSR count). The smallest absolute Gasteiger partial charge is 0.402 e. The van der Waals surface area contributed by atoms with Gasteiger partial charge in [-0.2, -0.15) is 0 Å². The molecule has 0 saturated heterocycles. The molecule has 15 heavy (non-hydrogen) atoms. The minimum Gasteiger partial charge on any atom is -0.465 e. The summed E-state index contributed by atoms with van der Waals surface area (Å²) in [5, 5.41) is 17.5. The van der Waals surface area contributed by atoms with E-state index in [0.29, 0.717) is 5.56 Å². The Kier molecular flexibility index (Phi) is 5.42. The number of carboxylic acid groups (broad SMARTS) is 1. The molecular weight excluding hydrogens is 202 g/mol. The van der Waals surface area contributed by atoms with Gasteiger partial charge in [-0.05, 0) is 0 Å². The molecule has 82 valence electrons. The fourth-order valence-electron chi connectivity index (χ4n) is 0.862. The van der Waals surface area contributed by atoms with E-state index in [9.17, 15) is 10.1 Å². The third-order valence-corrected chi connectivity index (χ3v) is 1.41. The van der Waals surface area contributed by atoms with Gasteiger partial charge in [-0.25, -0.2) is 4.79 Å². The number of nitrogens with two attached hydrogens (primary N) is 2. The van der Waals surface area contributed by atoms with Crippen LogP contribution in [0.5, 0.6) is 0 Å². The van der Waals surface area contributed by atoms with Crippen molar-refractivity contribution in [1.82, 2.24) is 0 Å². The van der Waals surface area contributed by atoms with Gasteiger partial charge in [0, 0.05) is 18.2 Å². The number of primary amides is 1. The van der Waals surface area contributed by atoms with Crippen molar-refractivity contribution < 1.29 is 14.8 Å². The Labute approximate surface area is 85.5 Å². The lowest BCUT2D eigenvalue weighted by molar-refractivity contribution is -0.385. The summed E-state index contributed by atoms with van der Waals surface area (Å²) in [6.07, 6.45) is -1.33. The van der Waals surface area contributed by atoms with Crippen molar-refractivity contribution in [3.05, 3.63) is 39.9 Å². The highest BCUT2D eigenvalue weighted by Crippen LogP contribution is 2.15. The minimum absolute atomic E-state index is 0.0926. The fraction of sp³-hybridized carbons (Fsp3) is 0.125. The van der Waals surface area contributed by atoms with Crippen LogP contribution in [0.3, 0.4) is 0 Å². The molecule has 5 N–H and O–H groups in total. The van der Waals surface area contributed by atoms with Crippen LogP contribution in [-0.4, -0.2) is 16.1 Å². The molecule has 0 heterocycles. The molecule has 1 amide bonds. The van der Waals surface area contributed by atoms with Crippen molar-refractivity contribution in [2.24, 2.45) is 11.5 Å². The molecule has 0 aliphatic heterocycles. The molecule has 0 aliphatic rings. The Morgan fingerprint density at radius 2 is 1.93 bits per heavy atom. The standard InChI is InChI=1S/C7H8N2O2.CH3NO2/c8-5-6-3-1-2-4-7(6)9(10)11;2-1(3)4/h1-4H,5,8H2;2H2,(H,3,4). The van der Waals surface area contributed by atoms with Gasteiger partial charge < -0.3 is 16.6 Å². The minimum atomic E-state index is -1.33. The van der Waals surface area contributed by atoms with Gasteiger partial charge in [0.2, 0.25) is 0 Å². The normalized spacial score (nSPS) is 8.60. The van der Waals surface area contributed by atoms with E-state index < -0.39 is 11.0 Å². The highest BCUT2D eigenvalue weighted by molar-refractivity contribution is 5.61. The zero-order chi connectivity index (χ0) is 11.8. The van der Waals surface area contributed by atoms with Crippen molar-refractivity contribution in [2.45, 2.75) is 6.54 Å². The lowest BCUT2D eigenvalue weighted by Gasteiger charge is -1.96. The van der Waals surface area contributed by atoms with Crippen molar-refractivity contribution in [2.75, 3.05) is 0 Å². The van der Waals surface area contributed by atoms with E-state index >= 15 is 0 Å². The average Bonchev–Trinajstić information content (AvgIpc) is 2.16. The van der Waals surface area contributed by atoms with E-state index in [-0.39, 0.29) is 12.2 Å². The maximum Gasteiger partial charge on any atom is 0.402 e. The summed E-state index contributed by atoms with van der Waals surface area (Å²) in [5.74, 6) is 0. The van der Waals surface area contributed by atoms with Crippen LogP contribution in [0.25, 0.3) is 0 Å². The van der Waals surface area contributed by atoms with E-state index in [1.807, 2.05) is 0 Å². The maximum absolute atomic E-state index is 10.3. The van der Waals surface area contributed by atoms with E-state index in [4.69, 9.17) is 15.6 Å². The number of nitro benzene ring substituents is 1. The lowest BCUT2D eigenvalue weighted by atomic mass is 10.2. The van der Waals surface area contributed by atoms with Crippen LogP contribution in [0, 0.1) is 10.1 Å². The van der Waals surface area contributed by atoms with Gasteiger partial charge in [-0.15, -0.1) is 0 Å². The van der Waals surface area contributed by atoms with Gasteiger partial charge in [0.25, 0.3) is 5.69 Å². The van der Waals surface area contributed by atoms with Crippen LogP contribution in [0.4, 0.5) is 10.5 Å². The number of hydrogen-bond acceptors (Lipinski definition) is 4. The maximum atomic E-state index is 10.3. The van der Waals surface area contributed by atoms with Gasteiger partial charge in [0.1, 0.15) is 0 Å². The highest BCUT2D eigenvalue weighted by Gasteiger charge is 2.09. The SMILES string of the molecule is NC(=O)O.NCc1ccccc1[N+](=O)[O-]. The number of nitro groups is 1. The van der Waals surface area contributed by atoms with Gasteiger partial charge in [0.05, 0.1) is 4.92 Å². The predicted octanol–water partition coefficient (Wildman–Crippen LogP) is 0.677. The molecule has 0 fully saturated rings.